The number of unbranched alkanes of at least 4 members (excludes halogenated alkanes) is 3. The molecule has 0 unspecified atom stereocenters. The summed E-state index contributed by atoms with van der Waals surface area (Å²) in [6.07, 6.45) is 7.35. The summed E-state index contributed by atoms with van der Waals surface area (Å²) >= 11 is 0. The summed E-state index contributed by atoms with van der Waals surface area (Å²) in [5.74, 6) is 0. The van der Waals surface area contributed by atoms with Gasteiger partial charge in [-0.3, -0.25) is 0 Å². The van der Waals surface area contributed by atoms with Crippen LogP contribution in [-0.4, -0.2) is 23.4 Å². The molecular weight excluding hydrogens is 152 g/mol. The van der Waals surface area contributed by atoms with Crippen molar-refractivity contribution in [3.63, 3.8) is 0 Å². The second kappa shape index (κ2) is 8.75. The van der Waals surface area contributed by atoms with Crippen LogP contribution in [0.25, 0.3) is 0 Å². The maximum absolute atomic E-state index is 8.83. The Morgan fingerprint density at radius 1 is 1.25 bits per heavy atom. The van der Waals surface area contributed by atoms with Gasteiger partial charge in [-0.15, -0.1) is 0 Å². The zero-order valence-electron chi connectivity index (χ0n) is 7.92. The maximum atomic E-state index is 8.83. The maximum Gasteiger partial charge on any atom is 0.0642 e. The second-order valence-corrected chi connectivity index (χ2v) is 2.99. The van der Waals surface area contributed by atoms with Crippen molar-refractivity contribution >= 4 is 0 Å². The fraction of sp³-hybridized carbons (Fsp3) is 0.800. The van der Waals surface area contributed by atoms with Crippen molar-refractivity contribution in [1.82, 2.24) is 0 Å². The van der Waals surface area contributed by atoms with Gasteiger partial charge in [-0.1, -0.05) is 25.8 Å². The highest BCUT2D eigenvalue weighted by Gasteiger charge is 1.93. The van der Waals surface area contributed by atoms with Crippen molar-refractivity contribution in [3.8, 4) is 0 Å². The first-order valence-electron chi connectivity index (χ1n) is 4.74. The average molecular weight is 172 g/mol. The van der Waals surface area contributed by atoms with Crippen molar-refractivity contribution in [2.75, 3.05) is 13.2 Å². The van der Waals surface area contributed by atoms with Gasteiger partial charge in [0.2, 0.25) is 0 Å². The molecule has 72 valence electrons. The molecule has 0 radical (unpaired) electrons. The topological polar surface area (TPSA) is 40.5 Å². The quantitative estimate of drug-likeness (QED) is 0.454. The molecule has 2 N–H and O–H groups in total. The van der Waals surface area contributed by atoms with Crippen LogP contribution < -0.4 is 0 Å². The van der Waals surface area contributed by atoms with Crippen molar-refractivity contribution in [1.29, 1.82) is 0 Å². The standard InChI is InChI=1S/C10H20O2/c1-2-3-4-5-6-10(9-12)7-8-11/h6,11-12H,2-5,7-9H2,1H3/b10-6+. The fourth-order valence-electron chi connectivity index (χ4n) is 1.09. The Labute approximate surface area is 74.9 Å². The molecule has 0 spiro atoms. The van der Waals surface area contributed by atoms with Crippen LogP contribution in [0.1, 0.15) is 39.0 Å². The van der Waals surface area contributed by atoms with E-state index in [1.807, 2.05) is 6.08 Å². The van der Waals surface area contributed by atoms with Crippen molar-refractivity contribution in [2.45, 2.75) is 39.0 Å². The Morgan fingerprint density at radius 2 is 2.00 bits per heavy atom. The predicted molar refractivity (Wildman–Crippen MR) is 51.0 cm³/mol. The van der Waals surface area contributed by atoms with Crippen LogP contribution >= 0.6 is 0 Å². The van der Waals surface area contributed by atoms with Crippen LogP contribution in [0.3, 0.4) is 0 Å². The van der Waals surface area contributed by atoms with Gasteiger partial charge in [-0.2, -0.15) is 0 Å². The Balaban J connectivity index is 3.48. The minimum Gasteiger partial charge on any atom is -0.396 e. The highest BCUT2D eigenvalue weighted by atomic mass is 16.3. The van der Waals surface area contributed by atoms with Gasteiger partial charge in [0.05, 0.1) is 6.61 Å². The SMILES string of the molecule is CCCCC/C=C(/CO)CCO. The normalized spacial score (nSPS) is 12.1. The molecule has 12 heavy (non-hydrogen) atoms. The van der Waals surface area contributed by atoms with Crippen molar-refractivity contribution in [2.24, 2.45) is 0 Å². The Bertz CT molecular complexity index is 119. The van der Waals surface area contributed by atoms with Crippen molar-refractivity contribution in [3.05, 3.63) is 11.6 Å². The Hall–Kier alpha value is -0.340. The van der Waals surface area contributed by atoms with E-state index in [9.17, 15) is 0 Å². The number of hydrogen-bond acceptors (Lipinski definition) is 2. The summed E-state index contributed by atoms with van der Waals surface area (Å²) in [4.78, 5) is 0. The summed E-state index contributed by atoms with van der Waals surface area (Å²) in [5.41, 5.74) is 0.966. The highest BCUT2D eigenvalue weighted by Crippen LogP contribution is 2.05. The summed E-state index contributed by atoms with van der Waals surface area (Å²) in [6, 6.07) is 0. The predicted octanol–water partition coefficient (Wildman–Crippen LogP) is 1.87. The molecule has 0 fully saturated rings. The number of hydrogen-bond donors (Lipinski definition) is 2. The van der Waals surface area contributed by atoms with Crippen LogP contribution in [0.5, 0.6) is 0 Å². The van der Waals surface area contributed by atoms with Gasteiger partial charge in [0.15, 0.2) is 0 Å². The highest BCUT2D eigenvalue weighted by molar-refractivity contribution is 5.01. The molecule has 0 saturated carbocycles. The molecule has 0 aliphatic carbocycles. The largest absolute Gasteiger partial charge is 0.396 e. The lowest BCUT2D eigenvalue weighted by Crippen LogP contribution is -1.94. The van der Waals surface area contributed by atoms with E-state index >= 15 is 0 Å². The van der Waals surface area contributed by atoms with E-state index in [1.54, 1.807) is 0 Å². The van der Waals surface area contributed by atoms with Gasteiger partial charge < -0.3 is 10.2 Å². The molecule has 0 saturated heterocycles. The Kier molecular flexibility index (Phi) is 8.51. The molecule has 0 aromatic heterocycles. The van der Waals surface area contributed by atoms with E-state index in [0.29, 0.717) is 6.42 Å². The van der Waals surface area contributed by atoms with Crippen LogP contribution in [0, 0.1) is 0 Å². The van der Waals surface area contributed by atoms with Crippen LogP contribution in [0.2, 0.25) is 0 Å². The summed E-state index contributed by atoms with van der Waals surface area (Å²) in [5, 5.41) is 17.5. The molecule has 0 heterocycles. The minimum absolute atomic E-state index is 0.0900. The van der Waals surface area contributed by atoms with Gasteiger partial charge in [-0.05, 0) is 24.8 Å². The Morgan fingerprint density at radius 3 is 2.50 bits per heavy atom. The second-order valence-electron chi connectivity index (χ2n) is 2.99. The molecule has 2 heteroatoms. The number of allylic oxidation sites excluding steroid dienone is 1. The van der Waals surface area contributed by atoms with Crippen LogP contribution in [-0.2, 0) is 0 Å². The third kappa shape index (κ3) is 6.38. The number of rotatable bonds is 7. The zero-order valence-corrected chi connectivity index (χ0v) is 7.92. The first kappa shape index (κ1) is 11.7. The van der Waals surface area contributed by atoms with Crippen molar-refractivity contribution < 1.29 is 10.2 Å². The van der Waals surface area contributed by atoms with E-state index in [0.717, 1.165) is 12.0 Å². The molecule has 0 aliphatic rings. The van der Waals surface area contributed by atoms with Crippen LogP contribution in [0.4, 0.5) is 0 Å². The lowest BCUT2D eigenvalue weighted by Gasteiger charge is -2.00. The summed E-state index contributed by atoms with van der Waals surface area (Å²) in [7, 11) is 0. The van der Waals surface area contributed by atoms with E-state index in [4.69, 9.17) is 10.2 Å². The molecule has 0 amide bonds. The van der Waals surface area contributed by atoms with Gasteiger partial charge >= 0.3 is 0 Å². The third-order valence-electron chi connectivity index (χ3n) is 1.88. The fourth-order valence-corrected chi connectivity index (χ4v) is 1.09. The zero-order chi connectivity index (χ0) is 9.23. The first-order valence-corrected chi connectivity index (χ1v) is 4.74. The molecule has 0 aromatic rings. The van der Waals surface area contributed by atoms with Gasteiger partial charge in [0.25, 0.3) is 0 Å². The first-order chi connectivity index (χ1) is 5.85. The van der Waals surface area contributed by atoms with Gasteiger partial charge in [0, 0.05) is 6.61 Å². The molecule has 2 nitrogen and oxygen atoms in total. The van der Waals surface area contributed by atoms with E-state index < -0.39 is 0 Å². The molecule has 0 rings (SSSR count). The van der Waals surface area contributed by atoms with Gasteiger partial charge in [0.1, 0.15) is 0 Å². The third-order valence-corrected chi connectivity index (χ3v) is 1.88. The van der Waals surface area contributed by atoms with Gasteiger partial charge in [-0.25, -0.2) is 0 Å². The lowest BCUT2D eigenvalue weighted by molar-refractivity contribution is 0.278. The molecule has 0 atom stereocenters. The molecule has 0 aromatic carbocycles. The van der Waals surface area contributed by atoms with E-state index in [1.165, 1.54) is 19.3 Å². The minimum atomic E-state index is 0.0900. The molecule has 0 aliphatic heterocycles. The van der Waals surface area contributed by atoms with E-state index in [-0.39, 0.29) is 13.2 Å². The number of aliphatic hydroxyl groups is 2. The number of aliphatic hydroxyl groups excluding tert-OH is 2. The lowest BCUT2D eigenvalue weighted by atomic mass is 10.1. The average Bonchev–Trinajstić information content (AvgIpc) is 2.10. The molecular formula is C10H20O2. The van der Waals surface area contributed by atoms with E-state index in [2.05, 4.69) is 6.92 Å². The summed E-state index contributed by atoms with van der Waals surface area (Å²) < 4.78 is 0. The molecule has 0 bridgehead atoms. The van der Waals surface area contributed by atoms with Crippen LogP contribution in [0.15, 0.2) is 11.6 Å². The monoisotopic (exact) mass is 172 g/mol. The smallest absolute Gasteiger partial charge is 0.0642 e. The summed E-state index contributed by atoms with van der Waals surface area (Å²) in [6.45, 7) is 2.40.